The Morgan fingerprint density at radius 2 is 2.04 bits per heavy atom. The minimum absolute atomic E-state index is 0.243. The van der Waals surface area contributed by atoms with Crippen molar-refractivity contribution in [3.8, 4) is 21.9 Å². The Hall–Kier alpha value is -2.77. The number of aryl methyl sites for hydroxylation is 1. The van der Waals surface area contributed by atoms with Gasteiger partial charge in [-0.3, -0.25) is 4.79 Å². The predicted molar refractivity (Wildman–Crippen MR) is 100 cm³/mol. The van der Waals surface area contributed by atoms with Crippen LogP contribution in [0.3, 0.4) is 0 Å². The lowest BCUT2D eigenvalue weighted by Gasteiger charge is -2.08. The quantitative estimate of drug-likeness (QED) is 0.546. The van der Waals surface area contributed by atoms with Gasteiger partial charge in [0, 0.05) is 17.0 Å². The normalized spacial score (nSPS) is 10.8. The van der Waals surface area contributed by atoms with E-state index < -0.39 is 0 Å². The molecule has 0 aliphatic rings. The third kappa shape index (κ3) is 3.24. The van der Waals surface area contributed by atoms with Crippen molar-refractivity contribution >= 4 is 34.3 Å². The van der Waals surface area contributed by atoms with Crippen LogP contribution in [-0.4, -0.2) is 16.0 Å². The summed E-state index contributed by atoms with van der Waals surface area (Å²) in [5, 5.41) is 11.7. The lowest BCUT2D eigenvalue weighted by molar-refractivity contribution is 0.101. The standard InChI is InChI=1S/C18H13N3O2S2/c1-11-19-15(10-25-11)12-5-2-3-6-13(12)20-18(22)14-9-16(23-21-14)17-7-4-8-24-17/h2-10H,1H3,(H,20,22). The average molecular weight is 367 g/mol. The van der Waals surface area contributed by atoms with E-state index in [1.54, 1.807) is 17.4 Å². The van der Waals surface area contributed by atoms with E-state index in [0.717, 1.165) is 21.1 Å². The van der Waals surface area contributed by atoms with E-state index in [-0.39, 0.29) is 11.6 Å². The predicted octanol–water partition coefficient (Wildman–Crippen LogP) is 5.09. The molecule has 3 heterocycles. The number of anilines is 1. The maximum atomic E-state index is 12.5. The molecular formula is C18H13N3O2S2. The van der Waals surface area contributed by atoms with Crippen LogP contribution in [0.25, 0.3) is 21.9 Å². The maximum absolute atomic E-state index is 12.5. The van der Waals surface area contributed by atoms with Gasteiger partial charge in [-0.2, -0.15) is 0 Å². The number of para-hydroxylation sites is 1. The van der Waals surface area contributed by atoms with E-state index in [0.29, 0.717) is 11.4 Å². The van der Waals surface area contributed by atoms with E-state index in [4.69, 9.17) is 4.52 Å². The first-order chi connectivity index (χ1) is 12.2. The minimum atomic E-state index is -0.314. The number of hydrogen-bond donors (Lipinski definition) is 1. The summed E-state index contributed by atoms with van der Waals surface area (Å²) >= 11 is 3.11. The van der Waals surface area contributed by atoms with Crippen LogP contribution in [0.5, 0.6) is 0 Å². The van der Waals surface area contributed by atoms with Gasteiger partial charge in [-0.1, -0.05) is 29.4 Å². The van der Waals surface area contributed by atoms with Crippen molar-refractivity contribution < 1.29 is 9.32 Å². The number of thiophene rings is 1. The first kappa shape index (κ1) is 15.7. The molecule has 5 nitrogen and oxygen atoms in total. The van der Waals surface area contributed by atoms with Crippen molar-refractivity contribution in [1.82, 2.24) is 10.1 Å². The summed E-state index contributed by atoms with van der Waals surface area (Å²) in [7, 11) is 0. The molecule has 25 heavy (non-hydrogen) atoms. The summed E-state index contributed by atoms with van der Waals surface area (Å²) in [6.07, 6.45) is 0. The van der Waals surface area contributed by atoms with E-state index in [9.17, 15) is 4.79 Å². The maximum Gasteiger partial charge on any atom is 0.277 e. The molecular weight excluding hydrogens is 354 g/mol. The number of hydrogen-bond acceptors (Lipinski definition) is 6. The van der Waals surface area contributed by atoms with Crippen LogP contribution < -0.4 is 5.32 Å². The number of nitrogens with one attached hydrogen (secondary N) is 1. The molecule has 1 N–H and O–H groups in total. The van der Waals surface area contributed by atoms with Crippen LogP contribution >= 0.6 is 22.7 Å². The lowest BCUT2D eigenvalue weighted by atomic mass is 10.1. The molecule has 0 saturated carbocycles. The molecule has 4 aromatic rings. The smallest absolute Gasteiger partial charge is 0.277 e. The molecule has 0 aliphatic heterocycles. The molecule has 0 radical (unpaired) electrons. The summed E-state index contributed by atoms with van der Waals surface area (Å²) in [5.41, 5.74) is 2.66. The fourth-order valence-corrected chi connectivity index (χ4v) is 3.69. The van der Waals surface area contributed by atoms with E-state index >= 15 is 0 Å². The number of benzene rings is 1. The Morgan fingerprint density at radius 3 is 2.80 bits per heavy atom. The van der Waals surface area contributed by atoms with Crippen molar-refractivity contribution in [2.45, 2.75) is 6.92 Å². The summed E-state index contributed by atoms with van der Waals surface area (Å²) in [5.74, 6) is 0.273. The number of amides is 1. The fraction of sp³-hybridized carbons (Fsp3) is 0.0556. The number of rotatable bonds is 4. The van der Waals surface area contributed by atoms with Gasteiger partial charge in [-0.25, -0.2) is 4.98 Å². The second-order valence-corrected chi connectivity index (χ2v) is 7.32. The zero-order valence-corrected chi connectivity index (χ0v) is 14.9. The SMILES string of the molecule is Cc1nc(-c2ccccc2NC(=O)c2cc(-c3cccs3)on2)cs1. The van der Waals surface area contributed by atoms with Gasteiger partial charge in [0.05, 0.1) is 21.3 Å². The first-order valence-corrected chi connectivity index (χ1v) is 9.30. The molecule has 0 spiro atoms. The molecule has 3 aromatic heterocycles. The third-order valence-electron chi connectivity index (χ3n) is 3.58. The summed E-state index contributed by atoms with van der Waals surface area (Å²) in [6, 6.07) is 13.1. The molecule has 1 amide bonds. The Kier molecular flexibility index (Phi) is 4.17. The van der Waals surface area contributed by atoms with Gasteiger partial charge in [0.15, 0.2) is 11.5 Å². The van der Waals surface area contributed by atoms with Crippen LogP contribution in [0.2, 0.25) is 0 Å². The molecule has 1 aromatic carbocycles. The van der Waals surface area contributed by atoms with Crippen molar-refractivity contribution in [3.63, 3.8) is 0 Å². The Balaban J connectivity index is 1.60. The number of thiazole rings is 1. The van der Waals surface area contributed by atoms with Gasteiger partial charge < -0.3 is 9.84 Å². The Bertz CT molecular complexity index is 1020. The fourth-order valence-electron chi connectivity index (χ4n) is 2.41. The van der Waals surface area contributed by atoms with Crippen LogP contribution in [0.15, 0.2) is 57.7 Å². The van der Waals surface area contributed by atoms with Gasteiger partial charge in [0.2, 0.25) is 0 Å². The molecule has 7 heteroatoms. The zero-order chi connectivity index (χ0) is 17.2. The molecule has 0 atom stereocenters. The van der Waals surface area contributed by atoms with Crippen LogP contribution in [-0.2, 0) is 0 Å². The number of carbonyl (C=O) groups excluding carboxylic acids is 1. The van der Waals surface area contributed by atoms with E-state index in [2.05, 4.69) is 15.5 Å². The third-order valence-corrected chi connectivity index (χ3v) is 5.23. The van der Waals surface area contributed by atoms with Gasteiger partial charge in [-0.15, -0.1) is 22.7 Å². The average Bonchev–Trinajstić information content (AvgIpc) is 3.36. The molecule has 4 rings (SSSR count). The largest absolute Gasteiger partial charge is 0.355 e. The highest BCUT2D eigenvalue weighted by molar-refractivity contribution is 7.13. The molecule has 0 saturated heterocycles. The van der Waals surface area contributed by atoms with Gasteiger partial charge in [-0.05, 0) is 24.4 Å². The van der Waals surface area contributed by atoms with Crippen molar-refractivity contribution in [2.24, 2.45) is 0 Å². The lowest BCUT2D eigenvalue weighted by Crippen LogP contribution is -2.12. The van der Waals surface area contributed by atoms with Gasteiger partial charge >= 0.3 is 0 Å². The zero-order valence-electron chi connectivity index (χ0n) is 13.2. The van der Waals surface area contributed by atoms with Crippen molar-refractivity contribution in [2.75, 3.05) is 5.32 Å². The highest BCUT2D eigenvalue weighted by Gasteiger charge is 2.16. The summed E-state index contributed by atoms with van der Waals surface area (Å²) < 4.78 is 5.27. The Morgan fingerprint density at radius 1 is 1.16 bits per heavy atom. The summed E-state index contributed by atoms with van der Waals surface area (Å²) in [4.78, 5) is 18.0. The number of carbonyl (C=O) groups is 1. The molecule has 0 bridgehead atoms. The van der Waals surface area contributed by atoms with Crippen LogP contribution in [0.1, 0.15) is 15.5 Å². The topological polar surface area (TPSA) is 68.0 Å². The number of nitrogens with zero attached hydrogens (tertiary/aromatic N) is 2. The second-order valence-electron chi connectivity index (χ2n) is 5.31. The second kappa shape index (κ2) is 6.62. The number of aromatic nitrogens is 2. The van der Waals surface area contributed by atoms with E-state index in [1.165, 1.54) is 11.3 Å². The van der Waals surface area contributed by atoms with Gasteiger partial charge in [0.1, 0.15) is 0 Å². The molecule has 0 unspecified atom stereocenters. The van der Waals surface area contributed by atoms with Crippen LogP contribution in [0.4, 0.5) is 5.69 Å². The minimum Gasteiger partial charge on any atom is -0.355 e. The highest BCUT2D eigenvalue weighted by Crippen LogP contribution is 2.30. The van der Waals surface area contributed by atoms with Crippen molar-refractivity contribution in [3.05, 3.63) is 63.9 Å². The highest BCUT2D eigenvalue weighted by atomic mass is 32.1. The molecule has 124 valence electrons. The molecule has 0 aliphatic carbocycles. The first-order valence-electron chi connectivity index (χ1n) is 7.54. The summed E-state index contributed by atoms with van der Waals surface area (Å²) in [6.45, 7) is 1.96. The molecule has 0 fully saturated rings. The monoisotopic (exact) mass is 367 g/mol. The van der Waals surface area contributed by atoms with Gasteiger partial charge in [0.25, 0.3) is 5.91 Å². The van der Waals surface area contributed by atoms with E-state index in [1.807, 2.05) is 54.1 Å². The van der Waals surface area contributed by atoms with Crippen molar-refractivity contribution in [1.29, 1.82) is 0 Å². The van der Waals surface area contributed by atoms with Crippen LogP contribution in [0, 0.1) is 6.92 Å². The Labute approximate surface area is 152 Å².